The molecule has 4 rings (SSSR count). The second-order valence-electron chi connectivity index (χ2n) is 6.78. The molecule has 0 spiro atoms. The van der Waals surface area contributed by atoms with Gasteiger partial charge in [0.2, 0.25) is 0 Å². The van der Waals surface area contributed by atoms with Crippen molar-refractivity contribution in [2.45, 2.75) is 6.61 Å². The van der Waals surface area contributed by atoms with Crippen LogP contribution in [0.2, 0.25) is 5.02 Å². The summed E-state index contributed by atoms with van der Waals surface area (Å²) in [6.07, 6.45) is 1.82. The van der Waals surface area contributed by atoms with Crippen molar-refractivity contribution in [1.29, 1.82) is 0 Å². The number of halogens is 2. The van der Waals surface area contributed by atoms with E-state index in [4.69, 9.17) is 21.1 Å². The second-order valence-corrected chi connectivity index (χ2v) is 8.07. The van der Waals surface area contributed by atoms with Crippen molar-refractivity contribution in [3.05, 3.63) is 118 Å². The summed E-state index contributed by atoms with van der Waals surface area (Å²) in [7, 11) is 0. The average Bonchev–Trinajstić information content (AvgIpc) is 2.79. The molecule has 5 heteroatoms. The zero-order valence-corrected chi connectivity index (χ0v) is 18.9. The largest absolute Gasteiger partial charge is 0.488 e. The van der Waals surface area contributed by atoms with Gasteiger partial charge in [-0.3, -0.25) is 4.99 Å². The Labute approximate surface area is 195 Å². The molecule has 0 N–H and O–H groups in total. The minimum Gasteiger partial charge on any atom is -0.488 e. The first-order valence-electron chi connectivity index (χ1n) is 9.69. The molecule has 4 aromatic carbocycles. The Kier molecular flexibility index (Phi) is 7.03. The van der Waals surface area contributed by atoms with Gasteiger partial charge in [-0.15, -0.1) is 0 Å². The van der Waals surface area contributed by atoms with Gasteiger partial charge in [0.05, 0.1) is 10.2 Å². The summed E-state index contributed by atoms with van der Waals surface area (Å²) in [6, 6.07) is 30.9. The molecule has 0 fully saturated rings. The van der Waals surface area contributed by atoms with Crippen molar-refractivity contribution in [2.24, 2.45) is 4.99 Å². The van der Waals surface area contributed by atoms with E-state index in [0.717, 1.165) is 38.5 Å². The maximum Gasteiger partial charge on any atom is 0.134 e. The highest BCUT2D eigenvalue weighted by Crippen LogP contribution is 2.27. The van der Waals surface area contributed by atoms with E-state index in [0.29, 0.717) is 11.6 Å². The Morgan fingerprint density at radius 2 is 1.58 bits per heavy atom. The predicted octanol–water partition coefficient (Wildman–Crippen LogP) is 8.22. The summed E-state index contributed by atoms with van der Waals surface area (Å²) in [5, 5.41) is 0.700. The first kappa shape index (κ1) is 21.2. The lowest BCUT2D eigenvalue weighted by atomic mass is 10.2. The lowest BCUT2D eigenvalue weighted by molar-refractivity contribution is 0.304. The number of ether oxygens (including phenoxy) is 2. The van der Waals surface area contributed by atoms with E-state index in [1.807, 2.05) is 103 Å². The SMILES string of the molecule is Clc1cccc(COc2ccc(C=Nc3ccc(Oc4ccccc4)cc3)cc2Br)c1. The van der Waals surface area contributed by atoms with Crippen LogP contribution in [0.5, 0.6) is 17.2 Å². The summed E-state index contributed by atoms with van der Waals surface area (Å²) in [6.45, 7) is 0.448. The number of hydrogen-bond donors (Lipinski definition) is 0. The van der Waals surface area contributed by atoms with Gasteiger partial charge in [-0.05, 0) is 93.8 Å². The van der Waals surface area contributed by atoms with Crippen molar-refractivity contribution in [3.8, 4) is 17.2 Å². The molecule has 154 valence electrons. The van der Waals surface area contributed by atoms with Gasteiger partial charge >= 0.3 is 0 Å². The van der Waals surface area contributed by atoms with Crippen LogP contribution < -0.4 is 9.47 Å². The summed E-state index contributed by atoms with van der Waals surface area (Å²) in [5.41, 5.74) is 2.83. The summed E-state index contributed by atoms with van der Waals surface area (Å²) < 4.78 is 12.6. The maximum atomic E-state index is 6.02. The van der Waals surface area contributed by atoms with E-state index >= 15 is 0 Å². The van der Waals surface area contributed by atoms with Crippen LogP contribution in [0.4, 0.5) is 5.69 Å². The summed E-state index contributed by atoms with van der Waals surface area (Å²) in [5.74, 6) is 2.34. The normalized spacial score (nSPS) is 10.9. The Bertz CT molecular complexity index is 1180. The highest BCUT2D eigenvalue weighted by atomic mass is 79.9. The van der Waals surface area contributed by atoms with Gasteiger partial charge in [0.1, 0.15) is 23.9 Å². The van der Waals surface area contributed by atoms with E-state index in [2.05, 4.69) is 20.9 Å². The number of aliphatic imine (C=N–C) groups is 1. The third-order valence-corrected chi connectivity index (χ3v) is 5.27. The number of benzene rings is 4. The van der Waals surface area contributed by atoms with Crippen molar-refractivity contribution in [3.63, 3.8) is 0 Å². The molecule has 0 amide bonds. The highest BCUT2D eigenvalue weighted by molar-refractivity contribution is 9.10. The summed E-state index contributed by atoms with van der Waals surface area (Å²) in [4.78, 5) is 4.54. The Hall–Kier alpha value is -3.08. The molecule has 0 bridgehead atoms. The minimum absolute atomic E-state index is 0.448. The fourth-order valence-corrected chi connectivity index (χ4v) is 3.60. The molecule has 0 aliphatic carbocycles. The molecule has 3 nitrogen and oxygen atoms in total. The molecule has 0 atom stereocenters. The van der Waals surface area contributed by atoms with Gasteiger partial charge in [0.25, 0.3) is 0 Å². The topological polar surface area (TPSA) is 30.8 Å². The van der Waals surface area contributed by atoms with Crippen LogP contribution in [0.3, 0.4) is 0 Å². The number of nitrogens with zero attached hydrogens (tertiary/aromatic N) is 1. The zero-order valence-electron chi connectivity index (χ0n) is 16.5. The number of rotatable bonds is 7. The molecule has 0 heterocycles. The molecular weight excluding hydrogens is 474 g/mol. The van der Waals surface area contributed by atoms with Crippen LogP contribution in [0.1, 0.15) is 11.1 Å². The standard InChI is InChI=1S/C26H19BrClNO2/c27-25-16-19(9-14-26(25)30-18-20-5-4-6-21(28)15-20)17-29-22-10-12-24(13-11-22)31-23-7-2-1-3-8-23/h1-17H,18H2. The lowest BCUT2D eigenvalue weighted by Crippen LogP contribution is -1.96. The monoisotopic (exact) mass is 491 g/mol. The molecule has 31 heavy (non-hydrogen) atoms. The van der Waals surface area contributed by atoms with E-state index in [-0.39, 0.29) is 0 Å². The first-order chi connectivity index (χ1) is 15.2. The van der Waals surface area contributed by atoms with E-state index in [1.165, 1.54) is 0 Å². The molecule has 0 saturated carbocycles. The molecule has 0 radical (unpaired) electrons. The Morgan fingerprint density at radius 1 is 0.806 bits per heavy atom. The predicted molar refractivity (Wildman–Crippen MR) is 130 cm³/mol. The van der Waals surface area contributed by atoms with Crippen LogP contribution in [-0.2, 0) is 6.61 Å². The van der Waals surface area contributed by atoms with E-state index in [9.17, 15) is 0 Å². The van der Waals surface area contributed by atoms with E-state index < -0.39 is 0 Å². The van der Waals surface area contributed by atoms with E-state index in [1.54, 1.807) is 0 Å². The van der Waals surface area contributed by atoms with Crippen molar-refractivity contribution < 1.29 is 9.47 Å². The minimum atomic E-state index is 0.448. The van der Waals surface area contributed by atoms with Crippen LogP contribution in [-0.4, -0.2) is 6.21 Å². The molecule has 0 saturated heterocycles. The van der Waals surface area contributed by atoms with Crippen molar-refractivity contribution in [2.75, 3.05) is 0 Å². The molecule has 0 unspecified atom stereocenters. The molecule has 4 aromatic rings. The zero-order chi connectivity index (χ0) is 21.5. The van der Waals surface area contributed by atoms with Gasteiger partial charge < -0.3 is 9.47 Å². The van der Waals surface area contributed by atoms with Gasteiger partial charge in [0, 0.05) is 11.2 Å². The van der Waals surface area contributed by atoms with Crippen LogP contribution in [0.25, 0.3) is 0 Å². The fraction of sp³-hybridized carbons (Fsp3) is 0.0385. The van der Waals surface area contributed by atoms with Crippen molar-refractivity contribution in [1.82, 2.24) is 0 Å². The third kappa shape index (κ3) is 6.20. The second kappa shape index (κ2) is 10.3. The van der Waals surface area contributed by atoms with Gasteiger partial charge in [-0.2, -0.15) is 0 Å². The summed E-state index contributed by atoms with van der Waals surface area (Å²) >= 11 is 9.60. The molecule has 0 aliphatic rings. The lowest BCUT2D eigenvalue weighted by Gasteiger charge is -2.09. The first-order valence-corrected chi connectivity index (χ1v) is 10.9. The number of hydrogen-bond acceptors (Lipinski definition) is 3. The van der Waals surface area contributed by atoms with Crippen LogP contribution >= 0.6 is 27.5 Å². The van der Waals surface area contributed by atoms with Crippen LogP contribution in [0, 0.1) is 0 Å². The highest BCUT2D eigenvalue weighted by Gasteiger charge is 2.03. The third-order valence-electron chi connectivity index (χ3n) is 4.42. The maximum absolute atomic E-state index is 6.02. The quantitative estimate of drug-likeness (QED) is 0.243. The Morgan fingerprint density at radius 3 is 2.32 bits per heavy atom. The smallest absolute Gasteiger partial charge is 0.134 e. The van der Waals surface area contributed by atoms with Gasteiger partial charge in [0.15, 0.2) is 0 Å². The van der Waals surface area contributed by atoms with Crippen LogP contribution in [0.15, 0.2) is 107 Å². The van der Waals surface area contributed by atoms with Gasteiger partial charge in [-0.25, -0.2) is 0 Å². The van der Waals surface area contributed by atoms with Crippen molar-refractivity contribution >= 4 is 39.4 Å². The average molecular weight is 493 g/mol. The number of para-hydroxylation sites is 1. The fourth-order valence-electron chi connectivity index (χ4n) is 2.88. The molecule has 0 aromatic heterocycles. The Balaban J connectivity index is 1.37. The molecule has 0 aliphatic heterocycles. The molecular formula is C26H19BrClNO2. The van der Waals surface area contributed by atoms with Gasteiger partial charge in [-0.1, -0.05) is 41.9 Å².